The fourth-order valence-electron chi connectivity index (χ4n) is 2.46. The zero-order valence-corrected chi connectivity index (χ0v) is 17.3. The summed E-state index contributed by atoms with van der Waals surface area (Å²) in [4.78, 5) is 12.6. The van der Waals surface area contributed by atoms with Gasteiger partial charge in [0.1, 0.15) is 11.8 Å². The third-order valence-corrected chi connectivity index (χ3v) is 5.22. The summed E-state index contributed by atoms with van der Waals surface area (Å²) in [5, 5.41) is 2.79. The van der Waals surface area contributed by atoms with Crippen LogP contribution in [0.2, 0.25) is 10.0 Å². The van der Waals surface area contributed by atoms with Gasteiger partial charge in [-0.25, -0.2) is 8.42 Å². The number of hydrogen-bond acceptors (Lipinski definition) is 4. The third-order valence-electron chi connectivity index (χ3n) is 3.55. The van der Waals surface area contributed by atoms with Crippen LogP contribution in [-0.2, 0) is 14.8 Å². The first-order chi connectivity index (χ1) is 13.3. The SMILES string of the molecule is CC(C(=O)Nc1ccc(OC(F)(F)F)cc1)N(c1cc(Cl)cc(Cl)c1)S(C)(=O)=O. The van der Waals surface area contributed by atoms with Crippen LogP contribution in [0.25, 0.3) is 0 Å². The van der Waals surface area contributed by atoms with E-state index < -0.39 is 34.1 Å². The maximum atomic E-state index is 12.6. The van der Waals surface area contributed by atoms with Crippen LogP contribution < -0.4 is 14.4 Å². The van der Waals surface area contributed by atoms with Gasteiger partial charge in [-0.2, -0.15) is 0 Å². The topological polar surface area (TPSA) is 75.7 Å². The van der Waals surface area contributed by atoms with E-state index in [0.29, 0.717) is 0 Å². The number of halogens is 5. The number of nitrogens with zero attached hydrogens (tertiary/aromatic N) is 1. The number of rotatable bonds is 6. The van der Waals surface area contributed by atoms with E-state index >= 15 is 0 Å². The van der Waals surface area contributed by atoms with E-state index in [4.69, 9.17) is 23.2 Å². The van der Waals surface area contributed by atoms with Crippen LogP contribution >= 0.6 is 23.2 Å². The van der Waals surface area contributed by atoms with Crippen molar-refractivity contribution in [2.75, 3.05) is 15.9 Å². The van der Waals surface area contributed by atoms with Crippen LogP contribution in [0.1, 0.15) is 6.92 Å². The number of amides is 1. The minimum absolute atomic E-state index is 0.0848. The predicted molar refractivity (Wildman–Crippen MR) is 105 cm³/mol. The normalized spacial score (nSPS) is 12.9. The number of ether oxygens (including phenoxy) is 1. The van der Waals surface area contributed by atoms with Crippen LogP contribution in [0.15, 0.2) is 42.5 Å². The Morgan fingerprint density at radius 1 is 1.10 bits per heavy atom. The summed E-state index contributed by atoms with van der Waals surface area (Å²) >= 11 is 11.8. The lowest BCUT2D eigenvalue weighted by Gasteiger charge is -2.28. The Balaban J connectivity index is 2.23. The number of carbonyl (C=O) groups is 1. The molecule has 0 aliphatic heterocycles. The molecule has 0 aliphatic carbocycles. The standard InChI is InChI=1S/C17H15Cl2F3N2O4S/c1-10(24(29(2,26)27)14-8-11(18)7-12(19)9-14)16(25)23-13-3-5-15(6-4-13)28-17(20,21)22/h3-10H,1-2H3,(H,23,25). The first-order valence-corrected chi connectivity index (χ1v) is 10.5. The Morgan fingerprint density at radius 2 is 1.62 bits per heavy atom. The fraction of sp³-hybridized carbons (Fsp3) is 0.235. The van der Waals surface area contributed by atoms with Crippen molar-refractivity contribution in [1.29, 1.82) is 0 Å². The lowest BCUT2D eigenvalue weighted by atomic mass is 10.2. The highest BCUT2D eigenvalue weighted by atomic mass is 35.5. The van der Waals surface area contributed by atoms with E-state index in [1.165, 1.54) is 37.3 Å². The highest BCUT2D eigenvalue weighted by Gasteiger charge is 2.31. The zero-order valence-electron chi connectivity index (χ0n) is 15.0. The molecule has 0 spiro atoms. The number of benzene rings is 2. The van der Waals surface area contributed by atoms with Crippen LogP contribution in [0.4, 0.5) is 24.5 Å². The molecule has 2 aromatic carbocycles. The first kappa shape index (κ1) is 23.1. The van der Waals surface area contributed by atoms with E-state index in [0.717, 1.165) is 22.7 Å². The molecule has 1 N–H and O–H groups in total. The lowest BCUT2D eigenvalue weighted by Crippen LogP contribution is -2.45. The Bertz CT molecular complexity index is 978. The maximum absolute atomic E-state index is 12.6. The average Bonchev–Trinajstić information content (AvgIpc) is 2.53. The second kappa shape index (κ2) is 8.68. The minimum Gasteiger partial charge on any atom is -0.406 e. The van der Waals surface area contributed by atoms with E-state index in [2.05, 4.69) is 10.1 Å². The molecule has 1 atom stereocenters. The molecule has 0 radical (unpaired) electrons. The van der Waals surface area contributed by atoms with Crippen molar-refractivity contribution in [2.24, 2.45) is 0 Å². The molecule has 0 saturated carbocycles. The molecule has 0 bridgehead atoms. The first-order valence-electron chi connectivity index (χ1n) is 7.88. The second-order valence-corrected chi connectivity index (χ2v) is 8.66. The molecule has 29 heavy (non-hydrogen) atoms. The van der Waals surface area contributed by atoms with E-state index in [-0.39, 0.29) is 21.4 Å². The molecule has 0 fully saturated rings. The molecule has 2 aromatic rings. The molecule has 158 valence electrons. The van der Waals surface area contributed by atoms with Gasteiger partial charge in [0, 0.05) is 15.7 Å². The largest absolute Gasteiger partial charge is 0.573 e. The minimum atomic E-state index is -4.84. The summed E-state index contributed by atoms with van der Waals surface area (Å²) in [5.74, 6) is -1.19. The van der Waals surface area contributed by atoms with Gasteiger partial charge in [-0.1, -0.05) is 23.2 Å². The van der Waals surface area contributed by atoms with Crippen molar-refractivity contribution in [3.8, 4) is 5.75 Å². The number of alkyl halides is 3. The summed E-state index contributed by atoms with van der Waals surface area (Å²) in [5.41, 5.74) is 0.232. The molecule has 0 aliphatic rings. The monoisotopic (exact) mass is 470 g/mol. The van der Waals surface area contributed by atoms with E-state index in [9.17, 15) is 26.4 Å². The van der Waals surface area contributed by atoms with Crippen molar-refractivity contribution < 1.29 is 31.1 Å². The summed E-state index contributed by atoms with van der Waals surface area (Å²) in [6.45, 7) is 1.34. The molecular formula is C17H15Cl2F3N2O4S. The van der Waals surface area contributed by atoms with E-state index in [1.807, 2.05) is 0 Å². The molecule has 0 aromatic heterocycles. The molecule has 1 unspecified atom stereocenters. The van der Waals surface area contributed by atoms with Gasteiger partial charge in [0.15, 0.2) is 0 Å². The van der Waals surface area contributed by atoms with Crippen molar-refractivity contribution in [3.63, 3.8) is 0 Å². The molecule has 0 heterocycles. The van der Waals surface area contributed by atoms with Gasteiger partial charge in [-0.3, -0.25) is 9.10 Å². The third kappa shape index (κ3) is 6.69. The molecule has 0 saturated heterocycles. The van der Waals surface area contributed by atoms with Crippen LogP contribution in [0, 0.1) is 0 Å². The zero-order chi connectivity index (χ0) is 22.0. The van der Waals surface area contributed by atoms with Crippen LogP contribution in [0.5, 0.6) is 5.75 Å². The van der Waals surface area contributed by atoms with Crippen molar-refractivity contribution in [2.45, 2.75) is 19.3 Å². The Hall–Kier alpha value is -2.17. The summed E-state index contributed by atoms with van der Waals surface area (Å²) in [7, 11) is -3.90. The molecule has 12 heteroatoms. The Kier molecular flexibility index (Phi) is 6.92. The number of hydrogen-bond donors (Lipinski definition) is 1. The van der Waals surface area contributed by atoms with Crippen molar-refractivity contribution in [1.82, 2.24) is 0 Å². The fourth-order valence-corrected chi connectivity index (χ4v) is 4.14. The molecule has 1 amide bonds. The highest BCUT2D eigenvalue weighted by Crippen LogP contribution is 2.29. The molecule has 2 rings (SSSR count). The molecule has 6 nitrogen and oxygen atoms in total. The number of sulfonamides is 1. The quantitative estimate of drug-likeness (QED) is 0.664. The summed E-state index contributed by atoms with van der Waals surface area (Å²) in [6, 6.07) is 7.26. The van der Waals surface area contributed by atoms with Gasteiger partial charge >= 0.3 is 6.36 Å². The Labute approximate surface area is 175 Å². The maximum Gasteiger partial charge on any atom is 0.573 e. The average molecular weight is 471 g/mol. The summed E-state index contributed by atoms with van der Waals surface area (Å²) < 4.78 is 65.7. The van der Waals surface area contributed by atoms with Gasteiger partial charge in [0.25, 0.3) is 0 Å². The smallest absolute Gasteiger partial charge is 0.406 e. The lowest BCUT2D eigenvalue weighted by molar-refractivity contribution is -0.274. The van der Waals surface area contributed by atoms with Crippen LogP contribution in [-0.4, -0.2) is 33.0 Å². The van der Waals surface area contributed by atoms with Gasteiger partial charge in [-0.05, 0) is 49.4 Å². The second-order valence-electron chi connectivity index (χ2n) is 5.92. The van der Waals surface area contributed by atoms with E-state index in [1.54, 1.807) is 0 Å². The Morgan fingerprint density at radius 3 is 2.07 bits per heavy atom. The van der Waals surface area contributed by atoms with Gasteiger partial charge in [0.05, 0.1) is 11.9 Å². The highest BCUT2D eigenvalue weighted by molar-refractivity contribution is 7.92. The number of anilines is 2. The van der Waals surface area contributed by atoms with Gasteiger partial charge in [0.2, 0.25) is 15.9 Å². The van der Waals surface area contributed by atoms with Crippen molar-refractivity contribution in [3.05, 3.63) is 52.5 Å². The van der Waals surface area contributed by atoms with Crippen LogP contribution in [0.3, 0.4) is 0 Å². The van der Waals surface area contributed by atoms with Gasteiger partial charge in [-0.15, -0.1) is 13.2 Å². The predicted octanol–water partition coefficient (Wildman–Crippen LogP) is 4.69. The van der Waals surface area contributed by atoms with Gasteiger partial charge < -0.3 is 10.1 Å². The van der Waals surface area contributed by atoms with Crippen molar-refractivity contribution >= 4 is 50.5 Å². The summed E-state index contributed by atoms with van der Waals surface area (Å²) in [6.07, 6.45) is -3.93. The number of nitrogens with one attached hydrogen (secondary N) is 1. The molecular weight excluding hydrogens is 456 g/mol. The number of carbonyl (C=O) groups excluding carboxylic acids is 1.